The highest BCUT2D eigenvalue weighted by molar-refractivity contribution is 6.24. The van der Waals surface area contributed by atoms with Gasteiger partial charge in [-0.15, -0.1) is 0 Å². The number of Topliss-reactive ketones (excluding diaryl/α,β-unsaturated/α-hetero) is 2. The Bertz CT molecular complexity index is 1110. The second-order valence-electron chi connectivity index (χ2n) is 7.64. The van der Waals surface area contributed by atoms with E-state index < -0.39 is 29.5 Å². The summed E-state index contributed by atoms with van der Waals surface area (Å²) < 4.78 is 13.0. The zero-order chi connectivity index (χ0) is 22.1. The summed E-state index contributed by atoms with van der Waals surface area (Å²) in [6, 6.07) is 9.39. The highest BCUT2D eigenvalue weighted by atomic mass is 19.1. The SMILES string of the molecule is O=C1CCC(N2C(=O)c3cccc(CNC(=O)Cc4ccc(F)cc4)c3C2=O)C(=O)C1. The summed E-state index contributed by atoms with van der Waals surface area (Å²) in [6.07, 6.45) is 0.0479. The number of fused-ring (bicyclic) bond motifs is 1. The predicted molar refractivity (Wildman–Crippen MR) is 107 cm³/mol. The molecule has 2 aliphatic rings. The largest absolute Gasteiger partial charge is 0.352 e. The Morgan fingerprint density at radius 1 is 1.03 bits per heavy atom. The van der Waals surface area contributed by atoms with Crippen molar-refractivity contribution in [2.75, 3.05) is 0 Å². The Balaban J connectivity index is 1.49. The van der Waals surface area contributed by atoms with Crippen LogP contribution in [0.4, 0.5) is 4.39 Å². The Kier molecular flexibility index (Phi) is 5.46. The van der Waals surface area contributed by atoms with Crippen molar-refractivity contribution in [2.45, 2.75) is 38.3 Å². The predicted octanol–water partition coefficient (Wildman–Crippen LogP) is 1.97. The van der Waals surface area contributed by atoms with Crippen molar-refractivity contribution < 1.29 is 28.4 Å². The second kappa shape index (κ2) is 8.22. The summed E-state index contributed by atoms with van der Waals surface area (Å²) >= 11 is 0. The van der Waals surface area contributed by atoms with Crippen LogP contribution in [-0.2, 0) is 27.3 Å². The number of imide groups is 1. The van der Waals surface area contributed by atoms with Crippen molar-refractivity contribution in [3.63, 3.8) is 0 Å². The number of amides is 3. The first kappa shape index (κ1) is 20.6. The quantitative estimate of drug-likeness (QED) is 0.587. The minimum Gasteiger partial charge on any atom is -0.352 e. The van der Waals surface area contributed by atoms with Crippen LogP contribution in [0.15, 0.2) is 42.5 Å². The molecule has 1 heterocycles. The van der Waals surface area contributed by atoms with E-state index in [-0.39, 0.29) is 55.0 Å². The number of nitrogens with one attached hydrogen (secondary N) is 1. The van der Waals surface area contributed by atoms with Crippen LogP contribution in [0.25, 0.3) is 0 Å². The smallest absolute Gasteiger partial charge is 0.262 e. The number of ketones is 2. The Hall–Kier alpha value is -3.68. The molecular weight excluding hydrogens is 403 g/mol. The Morgan fingerprint density at radius 3 is 2.48 bits per heavy atom. The summed E-state index contributed by atoms with van der Waals surface area (Å²) in [5.74, 6) is -2.48. The van der Waals surface area contributed by atoms with Gasteiger partial charge in [-0.1, -0.05) is 24.3 Å². The fraction of sp³-hybridized carbons (Fsp3) is 0.261. The fourth-order valence-electron chi connectivity index (χ4n) is 3.98. The van der Waals surface area contributed by atoms with Gasteiger partial charge in [0.25, 0.3) is 11.8 Å². The van der Waals surface area contributed by atoms with Gasteiger partial charge in [-0.05, 0) is 35.7 Å². The van der Waals surface area contributed by atoms with Gasteiger partial charge in [0.1, 0.15) is 11.6 Å². The van der Waals surface area contributed by atoms with Gasteiger partial charge in [0.2, 0.25) is 5.91 Å². The maximum absolute atomic E-state index is 13.0. The zero-order valence-corrected chi connectivity index (χ0v) is 16.5. The van der Waals surface area contributed by atoms with Crippen molar-refractivity contribution in [3.05, 3.63) is 70.5 Å². The molecule has 7 nitrogen and oxygen atoms in total. The molecule has 158 valence electrons. The third-order valence-corrected chi connectivity index (χ3v) is 5.54. The summed E-state index contributed by atoms with van der Waals surface area (Å²) in [5.41, 5.74) is 1.45. The lowest BCUT2D eigenvalue weighted by atomic mass is 9.92. The molecule has 1 aliphatic carbocycles. The first-order valence-corrected chi connectivity index (χ1v) is 9.90. The van der Waals surface area contributed by atoms with Crippen molar-refractivity contribution in [2.24, 2.45) is 0 Å². The minimum atomic E-state index is -0.939. The van der Waals surface area contributed by atoms with Gasteiger partial charge in [-0.25, -0.2) is 4.39 Å². The van der Waals surface area contributed by atoms with Gasteiger partial charge in [-0.2, -0.15) is 0 Å². The second-order valence-corrected chi connectivity index (χ2v) is 7.64. The van der Waals surface area contributed by atoms with Crippen molar-refractivity contribution in [3.8, 4) is 0 Å². The molecule has 1 N–H and O–H groups in total. The summed E-state index contributed by atoms with van der Waals surface area (Å²) in [7, 11) is 0. The molecule has 1 aliphatic heterocycles. The first-order chi connectivity index (χ1) is 14.8. The molecule has 8 heteroatoms. The summed E-state index contributed by atoms with van der Waals surface area (Å²) in [6.45, 7) is 0.0210. The van der Waals surface area contributed by atoms with E-state index in [0.717, 1.165) is 4.90 Å². The third-order valence-electron chi connectivity index (χ3n) is 5.54. The fourth-order valence-corrected chi connectivity index (χ4v) is 3.98. The number of carbonyl (C=O) groups is 5. The van der Waals surface area contributed by atoms with E-state index in [2.05, 4.69) is 5.32 Å². The maximum atomic E-state index is 13.0. The lowest BCUT2D eigenvalue weighted by Crippen LogP contribution is -2.47. The molecule has 2 aromatic carbocycles. The number of halogens is 1. The first-order valence-electron chi connectivity index (χ1n) is 9.90. The van der Waals surface area contributed by atoms with Crippen LogP contribution in [0.1, 0.15) is 51.1 Å². The van der Waals surface area contributed by atoms with Crippen molar-refractivity contribution >= 4 is 29.3 Å². The summed E-state index contributed by atoms with van der Waals surface area (Å²) in [5, 5.41) is 2.71. The van der Waals surface area contributed by atoms with Gasteiger partial charge in [0.05, 0.1) is 30.0 Å². The number of carbonyl (C=O) groups excluding carboxylic acids is 5. The maximum Gasteiger partial charge on any atom is 0.262 e. The highest BCUT2D eigenvalue weighted by Gasteiger charge is 2.45. The molecule has 0 radical (unpaired) electrons. The van der Waals surface area contributed by atoms with Crippen LogP contribution in [0, 0.1) is 5.82 Å². The highest BCUT2D eigenvalue weighted by Crippen LogP contribution is 2.31. The number of hydrogen-bond acceptors (Lipinski definition) is 5. The molecule has 1 atom stereocenters. The van der Waals surface area contributed by atoms with Crippen LogP contribution in [-0.4, -0.2) is 40.2 Å². The van der Waals surface area contributed by atoms with Crippen LogP contribution < -0.4 is 5.32 Å². The molecule has 4 rings (SSSR count). The molecule has 1 fully saturated rings. The zero-order valence-electron chi connectivity index (χ0n) is 16.5. The lowest BCUT2D eigenvalue weighted by molar-refractivity contribution is -0.132. The average molecular weight is 422 g/mol. The molecule has 2 aromatic rings. The number of nitrogens with zero attached hydrogens (tertiary/aromatic N) is 1. The average Bonchev–Trinajstić information content (AvgIpc) is 2.99. The van der Waals surface area contributed by atoms with E-state index in [1.54, 1.807) is 12.1 Å². The number of benzene rings is 2. The van der Waals surface area contributed by atoms with E-state index in [1.807, 2.05) is 0 Å². The normalized spacial score (nSPS) is 18.4. The van der Waals surface area contributed by atoms with E-state index in [9.17, 15) is 28.4 Å². The molecule has 31 heavy (non-hydrogen) atoms. The minimum absolute atomic E-state index is 0.0210. The molecular formula is C23H19FN2O5. The van der Waals surface area contributed by atoms with Gasteiger partial charge in [0, 0.05) is 13.0 Å². The van der Waals surface area contributed by atoms with Crippen molar-refractivity contribution in [1.82, 2.24) is 10.2 Å². The van der Waals surface area contributed by atoms with Crippen LogP contribution in [0.5, 0.6) is 0 Å². The third kappa shape index (κ3) is 4.01. The molecule has 0 aromatic heterocycles. The van der Waals surface area contributed by atoms with Crippen LogP contribution in [0.2, 0.25) is 0 Å². The Labute approximate surface area is 177 Å². The molecule has 3 amide bonds. The van der Waals surface area contributed by atoms with E-state index in [4.69, 9.17) is 0 Å². The lowest BCUT2D eigenvalue weighted by Gasteiger charge is -2.27. The molecule has 0 bridgehead atoms. The van der Waals surface area contributed by atoms with Crippen LogP contribution >= 0.6 is 0 Å². The molecule has 1 unspecified atom stereocenters. The van der Waals surface area contributed by atoms with Gasteiger partial charge >= 0.3 is 0 Å². The Morgan fingerprint density at radius 2 is 1.77 bits per heavy atom. The van der Waals surface area contributed by atoms with E-state index in [1.165, 1.54) is 30.3 Å². The van der Waals surface area contributed by atoms with Gasteiger partial charge < -0.3 is 5.32 Å². The standard InChI is InChI=1S/C23H19FN2O5/c24-15-6-4-13(5-7-15)10-20(29)25-12-14-2-1-3-17-21(14)23(31)26(22(17)30)18-9-8-16(27)11-19(18)28/h1-7,18H,8-12H2,(H,25,29). The molecule has 0 spiro atoms. The van der Waals surface area contributed by atoms with Crippen LogP contribution in [0.3, 0.4) is 0 Å². The number of hydrogen-bond donors (Lipinski definition) is 1. The topological polar surface area (TPSA) is 101 Å². The molecule has 1 saturated carbocycles. The van der Waals surface area contributed by atoms with E-state index >= 15 is 0 Å². The number of rotatable bonds is 5. The van der Waals surface area contributed by atoms with Gasteiger partial charge in [0.15, 0.2) is 5.78 Å². The van der Waals surface area contributed by atoms with Crippen molar-refractivity contribution in [1.29, 1.82) is 0 Å². The monoisotopic (exact) mass is 422 g/mol. The van der Waals surface area contributed by atoms with Gasteiger partial charge in [-0.3, -0.25) is 28.9 Å². The summed E-state index contributed by atoms with van der Waals surface area (Å²) in [4.78, 5) is 62.9. The molecule has 0 saturated heterocycles. The van der Waals surface area contributed by atoms with E-state index in [0.29, 0.717) is 11.1 Å².